The molecule has 2 saturated heterocycles. The largest absolute Gasteiger partial charge is 0.490 e. The molecule has 0 bridgehead atoms. The number of anilines is 1. The summed E-state index contributed by atoms with van der Waals surface area (Å²) < 4.78 is 19.5. The molecule has 4 aliphatic rings. The third-order valence-electron chi connectivity index (χ3n) is 11.7. The number of piperazine rings is 1. The molecule has 316 valence electrons. The number of ether oxygens (including phenoxy) is 3. The van der Waals surface area contributed by atoms with Crippen molar-refractivity contribution in [3.63, 3.8) is 0 Å². The molecule has 3 aliphatic heterocycles. The van der Waals surface area contributed by atoms with Crippen molar-refractivity contribution in [3.05, 3.63) is 77.1 Å². The van der Waals surface area contributed by atoms with Crippen LogP contribution in [0.5, 0.6) is 5.75 Å². The van der Waals surface area contributed by atoms with Crippen LogP contribution in [0.3, 0.4) is 0 Å². The van der Waals surface area contributed by atoms with Crippen molar-refractivity contribution in [2.24, 2.45) is 0 Å². The second kappa shape index (κ2) is 18.2. The first-order valence-corrected chi connectivity index (χ1v) is 20.8. The lowest BCUT2D eigenvalue weighted by molar-refractivity contribution is -0.136. The number of aromatic nitrogens is 4. The van der Waals surface area contributed by atoms with Gasteiger partial charge >= 0.3 is 0 Å². The van der Waals surface area contributed by atoms with Crippen molar-refractivity contribution >= 4 is 46.3 Å². The van der Waals surface area contributed by atoms with Crippen LogP contribution in [0.15, 0.2) is 48.8 Å². The number of amides is 5. The molecular weight excluding hydrogens is 771 g/mol. The molecule has 1 unspecified atom stereocenters. The van der Waals surface area contributed by atoms with E-state index in [-0.39, 0.29) is 54.9 Å². The number of nitrogens with zero attached hydrogens (tertiary/aromatic N) is 8. The standard InChI is InChI=1S/C43H51N9O8/c1-48(2)42(56)34-24-28-26-45-36(46-39(28)51(34)30-6-3-4-7-30)25-29-10-11-31(27-44-29)50-16-14-49(15-17-50)18-19-58-20-21-59-22-23-60-35-9-5-8-32-38(35)43(57)52(41(32)55)33-12-13-37(53)47-40(33)54/h5,8-11,24,26-27,30,33H,3-4,6-7,12-23,25H2,1-2H3,(H,47,53,54). The number of nitrogens with one attached hydrogen (secondary N) is 1. The Hall–Kier alpha value is -5.78. The van der Waals surface area contributed by atoms with Crippen molar-refractivity contribution < 1.29 is 38.2 Å². The van der Waals surface area contributed by atoms with E-state index in [0.717, 1.165) is 85.7 Å². The minimum atomic E-state index is -1.04. The first kappa shape index (κ1) is 41.0. The first-order chi connectivity index (χ1) is 29.2. The molecule has 1 N–H and O–H groups in total. The molecule has 1 atom stereocenters. The van der Waals surface area contributed by atoms with Crippen LogP contribution in [-0.4, -0.2) is 150 Å². The minimum absolute atomic E-state index is 0.0181. The fraction of sp³-hybridized carbons (Fsp3) is 0.488. The van der Waals surface area contributed by atoms with Gasteiger partial charge in [-0.3, -0.25) is 44.1 Å². The number of fused-ring (bicyclic) bond motifs is 2. The van der Waals surface area contributed by atoms with Gasteiger partial charge in [0.1, 0.15) is 35.6 Å². The van der Waals surface area contributed by atoms with E-state index in [9.17, 15) is 24.0 Å². The second-order valence-electron chi connectivity index (χ2n) is 15.8. The molecular formula is C43H51N9O8. The summed E-state index contributed by atoms with van der Waals surface area (Å²) in [5.74, 6) is -1.35. The maximum absolute atomic E-state index is 13.2. The number of piperidine rings is 1. The average Bonchev–Trinajstić information content (AvgIpc) is 3.97. The third-order valence-corrected chi connectivity index (χ3v) is 11.7. The van der Waals surface area contributed by atoms with Gasteiger partial charge in [-0.15, -0.1) is 0 Å². The number of carbonyl (C=O) groups excluding carboxylic acids is 5. The molecule has 17 heteroatoms. The highest BCUT2D eigenvalue weighted by Crippen LogP contribution is 2.35. The number of carbonyl (C=O) groups is 5. The molecule has 1 saturated carbocycles. The lowest BCUT2D eigenvalue weighted by atomic mass is 10.0. The summed E-state index contributed by atoms with van der Waals surface area (Å²) in [4.78, 5) is 84.9. The maximum Gasteiger partial charge on any atom is 0.270 e. The predicted octanol–water partition coefficient (Wildman–Crippen LogP) is 2.87. The molecule has 5 amide bonds. The predicted molar refractivity (Wildman–Crippen MR) is 219 cm³/mol. The van der Waals surface area contributed by atoms with Crippen LogP contribution in [0.25, 0.3) is 11.0 Å². The van der Waals surface area contributed by atoms with Crippen LogP contribution in [0.1, 0.15) is 87.3 Å². The van der Waals surface area contributed by atoms with Gasteiger partial charge in [0, 0.05) is 76.6 Å². The summed E-state index contributed by atoms with van der Waals surface area (Å²) in [6.45, 7) is 6.20. The summed E-state index contributed by atoms with van der Waals surface area (Å²) in [7, 11) is 3.56. The number of imide groups is 2. The van der Waals surface area contributed by atoms with Gasteiger partial charge in [-0.25, -0.2) is 9.97 Å². The first-order valence-electron chi connectivity index (χ1n) is 20.8. The Bertz CT molecular complexity index is 2250. The van der Waals surface area contributed by atoms with Crippen molar-refractivity contribution in [1.82, 2.24) is 39.5 Å². The minimum Gasteiger partial charge on any atom is -0.490 e. The molecule has 0 radical (unpaired) electrons. The SMILES string of the molecule is CN(C)C(=O)c1cc2cnc(Cc3ccc(N4CCN(CCOCCOCCOc5cccc6c5C(=O)N(C5CCC(=O)NC5=O)C6=O)CC4)cn3)nc2n1C1CCCC1. The number of rotatable bonds is 16. The van der Waals surface area contributed by atoms with Crippen molar-refractivity contribution in [2.75, 3.05) is 84.8 Å². The molecule has 6 heterocycles. The zero-order valence-corrected chi connectivity index (χ0v) is 34.1. The monoisotopic (exact) mass is 821 g/mol. The Labute approximate surface area is 348 Å². The van der Waals surface area contributed by atoms with Gasteiger partial charge < -0.3 is 28.6 Å². The molecule has 8 rings (SSSR count). The van der Waals surface area contributed by atoms with Crippen molar-refractivity contribution in [2.45, 2.75) is 57.0 Å². The van der Waals surface area contributed by atoms with E-state index in [1.807, 2.05) is 24.5 Å². The highest BCUT2D eigenvalue weighted by molar-refractivity contribution is 6.24. The fourth-order valence-corrected chi connectivity index (χ4v) is 8.48. The maximum atomic E-state index is 13.2. The van der Waals surface area contributed by atoms with E-state index in [2.05, 4.69) is 30.7 Å². The molecule has 4 aromatic rings. The van der Waals surface area contributed by atoms with E-state index in [4.69, 9.17) is 24.2 Å². The van der Waals surface area contributed by atoms with Gasteiger partial charge in [0.15, 0.2) is 0 Å². The summed E-state index contributed by atoms with van der Waals surface area (Å²) in [5.41, 5.74) is 3.75. The zero-order chi connectivity index (χ0) is 41.8. The van der Waals surface area contributed by atoms with Crippen LogP contribution in [-0.2, 0) is 25.5 Å². The third kappa shape index (κ3) is 8.74. The Kier molecular flexibility index (Phi) is 12.5. The quantitative estimate of drug-likeness (QED) is 0.129. The van der Waals surface area contributed by atoms with Gasteiger partial charge in [-0.2, -0.15) is 0 Å². The Balaban J connectivity index is 0.727. The second-order valence-corrected chi connectivity index (χ2v) is 15.8. The Morgan fingerprint density at radius 1 is 0.867 bits per heavy atom. The molecule has 60 heavy (non-hydrogen) atoms. The molecule has 3 fully saturated rings. The lowest BCUT2D eigenvalue weighted by Crippen LogP contribution is -2.54. The number of benzene rings is 1. The summed E-state index contributed by atoms with van der Waals surface area (Å²) in [6, 6.07) is 10.1. The average molecular weight is 822 g/mol. The molecule has 1 aliphatic carbocycles. The Morgan fingerprint density at radius 2 is 1.63 bits per heavy atom. The van der Waals surface area contributed by atoms with Gasteiger partial charge in [0.25, 0.3) is 17.7 Å². The number of hydrogen-bond acceptors (Lipinski definition) is 13. The van der Waals surface area contributed by atoms with Gasteiger partial charge in [0.05, 0.1) is 55.9 Å². The van der Waals surface area contributed by atoms with Crippen LogP contribution in [0.4, 0.5) is 5.69 Å². The Morgan fingerprint density at radius 3 is 2.37 bits per heavy atom. The number of pyridine rings is 1. The number of hydrogen-bond donors (Lipinski definition) is 1. The zero-order valence-electron chi connectivity index (χ0n) is 34.1. The molecule has 1 aromatic carbocycles. The van der Waals surface area contributed by atoms with Crippen LogP contribution >= 0.6 is 0 Å². The van der Waals surface area contributed by atoms with Crippen molar-refractivity contribution in [1.29, 1.82) is 0 Å². The van der Waals surface area contributed by atoms with Gasteiger partial charge in [-0.05, 0) is 49.6 Å². The normalized spacial score (nSPS) is 18.7. The van der Waals surface area contributed by atoms with E-state index in [0.29, 0.717) is 37.8 Å². The molecule has 17 nitrogen and oxygen atoms in total. The molecule has 3 aromatic heterocycles. The van der Waals surface area contributed by atoms with E-state index in [1.54, 1.807) is 31.1 Å². The van der Waals surface area contributed by atoms with Crippen LogP contribution in [0.2, 0.25) is 0 Å². The highest BCUT2D eigenvalue weighted by atomic mass is 16.5. The van der Waals surface area contributed by atoms with Gasteiger partial charge in [-0.1, -0.05) is 18.9 Å². The smallest absolute Gasteiger partial charge is 0.270 e. The lowest BCUT2D eigenvalue weighted by Gasteiger charge is -2.35. The summed E-state index contributed by atoms with van der Waals surface area (Å²) in [5, 5.41) is 3.09. The van der Waals surface area contributed by atoms with Gasteiger partial charge in [0.2, 0.25) is 11.8 Å². The van der Waals surface area contributed by atoms with Crippen molar-refractivity contribution in [3.8, 4) is 5.75 Å². The topological polar surface area (TPSA) is 182 Å². The van der Waals surface area contributed by atoms with E-state index < -0.39 is 29.7 Å². The van der Waals surface area contributed by atoms with Crippen LogP contribution in [0, 0.1) is 0 Å². The summed E-state index contributed by atoms with van der Waals surface area (Å²) in [6.07, 6.45) is 8.82. The molecule has 0 spiro atoms. The van der Waals surface area contributed by atoms with E-state index in [1.165, 1.54) is 6.07 Å². The van der Waals surface area contributed by atoms with Crippen LogP contribution < -0.4 is 15.0 Å². The highest BCUT2D eigenvalue weighted by Gasteiger charge is 2.46. The summed E-state index contributed by atoms with van der Waals surface area (Å²) >= 11 is 0. The van der Waals surface area contributed by atoms with E-state index >= 15 is 0 Å². The fourth-order valence-electron chi connectivity index (χ4n) is 8.48.